The molecule has 2 heterocycles. The van der Waals surface area contributed by atoms with Gasteiger partial charge in [-0.2, -0.15) is 0 Å². The number of hydrogen-bond acceptors (Lipinski definition) is 4. The molecule has 1 saturated heterocycles. The standard InChI is InChI=1S/C10H13BrN2OS/c11-10-2-1-9(15-10)7-13-5-3-8(12-14)4-6-13/h1-2,14H,3-7H2. The van der Waals surface area contributed by atoms with Gasteiger partial charge >= 0.3 is 0 Å². The van der Waals surface area contributed by atoms with E-state index in [1.807, 2.05) is 0 Å². The third-order valence-electron chi connectivity index (χ3n) is 2.58. The molecule has 0 bridgehead atoms. The Morgan fingerprint density at radius 1 is 1.40 bits per heavy atom. The average molecular weight is 289 g/mol. The fraction of sp³-hybridized carbons (Fsp3) is 0.500. The van der Waals surface area contributed by atoms with Crippen molar-refractivity contribution in [2.24, 2.45) is 5.16 Å². The van der Waals surface area contributed by atoms with Gasteiger partial charge in [0.15, 0.2) is 0 Å². The molecular formula is C10H13BrN2OS. The van der Waals surface area contributed by atoms with Crippen molar-refractivity contribution in [3.63, 3.8) is 0 Å². The molecule has 1 aromatic rings. The predicted octanol–water partition coefficient (Wildman–Crippen LogP) is 2.94. The topological polar surface area (TPSA) is 35.8 Å². The summed E-state index contributed by atoms with van der Waals surface area (Å²) in [6, 6.07) is 4.24. The second-order valence-electron chi connectivity index (χ2n) is 3.65. The molecule has 0 amide bonds. The minimum absolute atomic E-state index is 0.892. The Hall–Kier alpha value is -0.390. The van der Waals surface area contributed by atoms with Gasteiger partial charge in [-0.3, -0.25) is 4.90 Å². The number of thiophene rings is 1. The number of oxime groups is 1. The summed E-state index contributed by atoms with van der Waals surface area (Å²) in [6.45, 7) is 3.00. The first-order valence-electron chi connectivity index (χ1n) is 4.94. The van der Waals surface area contributed by atoms with E-state index in [1.165, 1.54) is 8.66 Å². The average Bonchev–Trinajstić information content (AvgIpc) is 2.65. The molecule has 1 aliphatic heterocycles. The van der Waals surface area contributed by atoms with Gasteiger partial charge in [-0.25, -0.2) is 0 Å². The first kappa shape index (κ1) is 11.1. The third kappa shape index (κ3) is 3.03. The zero-order chi connectivity index (χ0) is 10.7. The van der Waals surface area contributed by atoms with E-state index in [9.17, 15) is 0 Å². The van der Waals surface area contributed by atoms with Gasteiger partial charge < -0.3 is 5.21 Å². The molecular weight excluding hydrogens is 276 g/mol. The van der Waals surface area contributed by atoms with Crippen LogP contribution in [0.15, 0.2) is 21.1 Å². The summed E-state index contributed by atoms with van der Waals surface area (Å²) < 4.78 is 1.19. The lowest BCUT2D eigenvalue weighted by Crippen LogP contribution is -2.33. The van der Waals surface area contributed by atoms with Gasteiger partial charge in [-0.15, -0.1) is 11.3 Å². The summed E-state index contributed by atoms with van der Waals surface area (Å²) in [5, 5.41) is 11.9. The maximum atomic E-state index is 8.64. The van der Waals surface area contributed by atoms with Gasteiger partial charge in [0.25, 0.3) is 0 Å². The molecule has 5 heteroatoms. The van der Waals surface area contributed by atoms with Gasteiger partial charge in [0, 0.05) is 37.4 Å². The molecule has 0 aromatic carbocycles. The second-order valence-corrected chi connectivity index (χ2v) is 6.20. The van der Waals surface area contributed by atoms with Crippen molar-refractivity contribution in [3.8, 4) is 0 Å². The van der Waals surface area contributed by atoms with E-state index in [0.717, 1.165) is 38.2 Å². The van der Waals surface area contributed by atoms with Crippen molar-refractivity contribution in [3.05, 3.63) is 20.8 Å². The Morgan fingerprint density at radius 3 is 2.67 bits per heavy atom. The van der Waals surface area contributed by atoms with Crippen LogP contribution < -0.4 is 0 Å². The fourth-order valence-corrected chi connectivity index (χ4v) is 3.25. The van der Waals surface area contributed by atoms with Crippen LogP contribution >= 0.6 is 27.3 Å². The minimum Gasteiger partial charge on any atom is -0.411 e. The van der Waals surface area contributed by atoms with Crippen LogP contribution in [0.1, 0.15) is 17.7 Å². The van der Waals surface area contributed by atoms with Crippen molar-refractivity contribution in [2.45, 2.75) is 19.4 Å². The van der Waals surface area contributed by atoms with Crippen molar-refractivity contribution >= 4 is 33.0 Å². The minimum atomic E-state index is 0.892. The molecule has 0 radical (unpaired) electrons. The summed E-state index contributed by atoms with van der Waals surface area (Å²) in [6.07, 6.45) is 1.78. The molecule has 0 saturated carbocycles. The Labute approximate surface area is 102 Å². The van der Waals surface area contributed by atoms with E-state index in [0.29, 0.717) is 0 Å². The maximum absolute atomic E-state index is 8.64. The van der Waals surface area contributed by atoms with Crippen LogP contribution in [-0.2, 0) is 6.54 Å². The zero-order valence-electron chi connectivity index (χ0n) is 8.32. The van der Waals surface area contributed by atoms with Crippen LogP contribution in [0.4, 0.5) is 0 Å². The maximum Gasteiger partial charge on any atom is 0.0701 e. The molecule has 0 unspecified atom stereocenters. The summed E-state index contributed by atoms with van der Waals surface area (Å²) in [7, 11) is 0. The molecule has 82 valence electrons. The van der Waals surface area contributed by atoms with E-state index in [-0.39, 0.29) is 0 Å². The molecule has 2 rings (SSSR count). The third-order valence-corrected chi connectivity index (χ3v) is 4.19. The van der Waals surface area contributed by atoms with Crippen molar-refractivity contribution in [1.82, 2.24) is 4.90 Å². The highest BCUT2D eigenvalue weighted by Gasteiger charge is 2.15. The molecule has 0 aliphatic carbocycles. The molecule has 15 heavy (non-hydrogen) atoms. The van der Waals surface area contributed by atoms with Crippen LogP contribution in [0.2, 0.25) is 0 Å². The number of piperidine rings is 1. The summed E-state index contributed by atoms with van der Waals surface area (Å²) in [5.74, 6) is 0. The Bertz CT molecular complexity index is 354. The van der Waals surface area contributed by atoms with Crippen molar-refractivity contribution in [1.29, 1.82) is 0 Å². The Kier molecular flexibility index (Phi) is 3.77. The Balaban J connectivity index is 1.87. The normalized spacial score (nSPS) is 18.1. The van der Waals surface area contributed by atoms with Crippen LogP contribution in [-0.4, -0.2) is 28.9 Å². The van der Waals surface area contributed by atoms with E-state index >= 15 is 0 Å². The number of hydrogen-bond donors (Lipinski definition) is 1. The highest BCUT2D eigenvalue weighted by atomic mass is 79.9. The molecule has 3 nitrogen and oxygen atoms in total. The quantitative estimate of drug-likeness (QED) is 0.671. The fourth-order valence-electron chi connectivity index (χ4n) is 1.73. The lowest BCUT2D eigenvalue weighted by Gasteiger charge is -2.26. The molecule has 1 fully saturated rings. The first-order valence-corrected chi connectivity index (χ1v) is 6.55. The smallest absolute Gasteiger partial charge is 0.0701 e. The van der Waals surface area contributed by atoms with E-state index in [4.69, 9.17) is 5.21 Å². The lowest BCUT2D eigenvalue weighted by atomic mass is 10.1. The number of rotatable bonds is 2. The molecule has 1 aromatic heterocycles. The van der Waals surface area contributed by atoms with Gasteiger partial charge in [0.1, 0.15) is 0 Å². The van der Waals surface area contributed by atoms with Crippen molar-refractivity contribution in [2.75, 3.05) is 13.1 Å². The van der Waals surface area contributed by atoms with Gasteiger partial charge in [-0.1, -0.05) is 5.16 Å². The monoisotopic (exact) mass is 288 g/mol. The highest BCUT2D eigenvalue weighted by molar-refractivity contribution is 9.11. The number of halogens is 1. The highest BCUT2D eigenvalue weighted by Crippen LogP contribution is 2.24. The number of likely N-dealkylation sites (tertiary alicyclic amines) is 1. The van der Waals surface area contributed by atoms with E-state index < -0.39 is 0 Å². The summed E-state index contributed by atoms with van der Waals surface area (Å²) in [5.41, 5.74) is 0.929. The first-order chi connectivity index (χ1) is 7.28. The predicted molar refractivity (Wildman–Crippen MR) is 65.8 cm³/mol. The van der Waals surface area contributed by atoms with E-state index in [1.54, 1.807) is 11.3 Å². The van der Waals surface area contributed by atoms with Crippen molar-refractivity contribution < 1.29 is 5.21 Å². The SMILES string of the molecule is ON=C1CCN(Cc2ccc(Br)s2)CC1. The zero-order valence-corrected chi connectivity index (χ0v) is 10.7. The van der Waals surface area contributed by atoms with Crippen LogP contribution in [0, 0.1) is 0 Å². The number of nitrogens with zero attached hydrogens (tertiary/aromatic N) is 2. The van der Waals surface area contributed by atoms with Gasteiger partial charge in [-0.05, 0) is 28.1 Å². The lowest BCUT2D eigenvalue weighted by molar-refractivity contribution is 0.258. The largest absolute Gasteiger partial charge is 0.411 e. The summed E-state index contributed by atoms with van der Waals surface area (Å²) >= 11 is 5.25. The van der Waals surface area contributed by atoms with Gasteiger partial charge in [0.05, 0.1) is 9.50 Å². The Morgan fingerprint density at radius 2 is 2.13 bits per heavy atom. The van der Waals surface area contributed by atoms with Crippen LogP contribution in [0.5, 0.6) is 0 Å². The van der Waals surface area contributed by atoms with Crippen LogP contribution in [0.3, 0.4) is 0 Å². The summed E-state index contributed by atoms with van der Waals surface area (Å²) in [4.78, 5) is 3.78. The van der Waals surface area contributed by atoms with E-state index in [2.05, 4.69) is 38.1 Å². The molecule has 1 N–H and O–H groups in total. The molecule has 1 aliphatic rings. The molecule has 0 spiro atoms. The van der Waals surface area contributed by atoms with Crippen LogP contribution in [0.25, 0.3) is 0 Å². The van der Waals surface area contributed by atoms with Gasteiger partial charge in [0.2, 0.25) is 0 Å². The molecule has 0 atom stereocenters. The second kappa shape index (κ2) is 5.09.